The molecule has 0 atom stereocenters. The number of methoxy groups -OCH3 is 2. The zero-order valence-electron chi connectivity index (χ0n) is 16.4. The van der Waals surface area contributed by atoms with Crippen molar-refractivity contribution < 1.29 is 32.5 Å². The Morgan fingerprint density at radius 1 is 0.966 bits per heavy atom. The summed E-state index contributed by atoms with van der Waals surface area (Å²) >= 11 is 0. The summed E-state index contributed by atoms with van der Waals surface area (Å²) in [6.45, 7) is 0.809. The van der Waals surface area contributed by atoms with Gasteiger partial charge in [0.25, 0.3) is 5.91 Å². The molecular weight excluding hydrogens is 386 g/mol. The van der Waals surface area contributed by atoms with E-state index in [1.54, 1.807) is 18.2 Å². The van der Waals surface area contributed by atoms with Gasteiger partial charge in [-0.05, 0) is 55.8 Å². The van der Waals surface area contributed by atoms with Crippen molar-refractivity contribution in [1.82, 2.24) is 5.43 Å². The van der Waals surface area contributed by atoms with E-state index >= 15 is 0 Å². The number of benzene rings is 2. The first-order valence-corrected chi connectivity index (χ1v) is 8.65. The first kappa shape index (κ1) is 21.9. The van der Waals surface area contributed by atoms with Crippen molar-refractivity contribution in [2.45, 2.75) is 26.6 Å². The van der Waals surface area contributed by atoms with E-state index < -0.39 is 12.5 Å². The van der Waals surface area contributed by atoms with Crippen molar-refractivity contribution in [3.8, 4) is 23.0 Å². The van der Waals surface area contributed by atoms with E-state index in [2.05, 4.69) is 15.3 Å². The van der Waals surface area contributed by atoms with E-state index in [0.717, 1.165) is 0 Å². The number of carbonyl (C=O) groups excluding carboxylic acids is 1. The summed E-state index contributed by atoms with van der Waals surface area (Å²) < 4.78 is 45.0. The summed E-state index contributed by atoms with van der Waals surface area (Å²) in [4.78, 5) is 12.3. The highest BCUT2D eigenvalue weighted by atomic mass is 19.3. The maximum atomic E-state index is 12.4. The monoisotopic (exact) mass is 408 g/mol. The molecule has 2 rings (SSSR count). The van der Waals surface area contributed by atoms with Crippen molar-refractivity contribution in [3.63, 3.8) is 0 Å². The summed E-state index contributed by atoms with van der Waals surface area (Å²) in [5.74, 6) is 0.515. The Kier molecular flexibility index (Phi) is 7.76. The Labute approximate surface area is 167 Å². The fourth-order valence-corrected chi connectivity index (χ4v) is 2.35. The lowest BCUT2D eigenvalue weighted by molar-refractivity contribution is -0.0512. The van der Waals surface area contributed by atoms with Gasteiger partial charge >= 0.3 is 6.61 Å². The van der Waals surface area contributed by atoms with Crippen LogP contribution in [0.25, 0.3) is 0 Å². The molecule has 1 amide bonds. The van der Waals surface area contributed by atoms with E-state index in [9.17, 15) is 13.6 Å². The molecule has 156 valence electrons. The molecule has 29 heavy (non-hydrogen) atoms. The quantitative estimate of drug-likeness (QED) is 0.504. The van der Waals surface area contributed by atoms with E-state index in [-0.39, 0.29) is 17.6 Å². The second-order valence-electron chi connectivity index (χ2n) is 6.02. The molecule has 0 aromatic heterocycles. The van der Waals surface area contributed by atoms with Gasteiger partial charge in [-0.1, -0.05) is 0 Å². The number of amides is 1. The lowest BCUT2D eigenvalue weighted by Crippen LogP contribution is -2.18. The average molecular weight is 408 g/mol. The summed E-state index contributed by atoms with van der Waals surface area (Å²) in [5, 5.41) is 3.87. The van der Waals surface area contributed by atoms with Crippen molar-refractivity contribution >= 4 is 12.1 Å². The predicted molar refractivity (Wildman–Crippen MR) is 103 cm³/mol. The first-order valence-electron chi connectivity index (χ1n) is 8.65. The van der Waals surface area contributed by atoms with Gasteiger partial charge in [-0.3, -0.25) is 4.79 Å². The summed E-state index contributed by atoms with van der Waals surface area (Å²) in [6.07, 6.45) is 1.31. The fourth-order valence-electron chi connectivity index (χ4n) is 2.35. The Balaban J connectivity index is 2.07. The van der Waals surface area contributed by atoms with Crippen LogP contribution in [0.4, 0.5) is 8.78 Å². The third-order valence-corrected chi connectivity index (χ3v) is 3.57. The van der Waals surface area contributed by atoms with Gasteiger partial charge in [0, 0.05) is 5.56 Å². The molecule has 9 heteroatoms. The minimum Gasteiger partial charge on any atom is -0.493 e. The van der Waals surface area contributed by atoms with Gasteiger partial charge < -0.3 is 18.9 Å². The fraction of sp³-hybridized carbons (Fsp3) is 0.300. The maximum absolute atomic E-state index is 12.4. The van der Waals surface area contributed by atoms with Crippen molar-refractivity contribution in [2.24, 2.45) is 5.10 Å². The van der Waals surface area contributed by atoms with Crippen LogP contribution in [0.5, 0.6) is 23.0 Å². The molecule has 0 unspecified atom stereocenters. The average Bonchev–Trinajstić information content (AvgIpc) is 2.68. The van der Waals surface area contributed by atoms with Crippen LogP contribution < -0.4 is 24.4 Å². The molecule has 2 aromatic carbocycles. The summed E-state index contributed by atoms with van der Waals surface area (Å²) in [6, 6.07) is 9.05. The molecule has 1 N–H and O–H groups in total. The number of hydrogen-bond donors (Lipinski definition) is 1. The number of ether oxygens (including phenoxy) is 4. The second kappa shape index (κ2) is 10.3. The Hall–Kier alpha value is -3.36. The lowest BCUT2D eigenvalue weighted by atomic mass is 10.2. The van der Waals surface area contributed by atoms with E-state index in [1.165, 1.54) is 38.6 Å². The standard InChI is InChI=1S/C20H22F2N2O5/c1-12(2)28-15-8-6-14(10-18(15)27-4)19(25)24-23-11-13-5-7-16(29-20(21)22)17(9-13)26-3/h5-12,20H,1-4H3,(H,24,25)/b23-11-. The maximum Gasteiger partial charge on any atom is 0.387 e. The molecule has 0 radical (unpaired) electrons. The van der Waals surface area contributed by atoms with Crippen LogP contribution in [-0.4, -0.2) is 39.1 Å². The highest BCUT2D eigenvalue weighted by molar-refractivity contribution is 5.95. The number of hydrogen-bond acceptors (Lipinski definition) is 6. The number of rotatable bonds is 9. The van der Waals surface area contributed by atoms with E-state index in [0.29, 0.717) is 22.6 Å². The van der Waals surface area contributed by atoms with E-state index in [4.69, 9.17) is 14.2 Å². The van der Waals surface area contributed by atoms with Gasteiger partial charge in [-0.15, -0.1) is 0 Å². The number of alkyl halides is 2. The normalized spacial score (nSPS) is 11.0. The van der Waals surface area contributed by atoms with Crippen LogP contribution in [-0.2, 0) is 0 Å². The molecule has 0 bridgehead atoms. The Bertz CT molecular complexity index is 872. The molecule has 7 nitrogen and oxygen atoms in total. The van der Waals surface area contributed by atoms with Gasteiger partial charge in [-0.2, -0.15) is 13.9 Å². The predicted octanol–water partition coefficient (Wildman–Crippen LogP) is 3.86. The highest BCUT2D eigenvalue weighted by Gasteiger charge is 2.12. The van der Waals surface area contributed by atoms with E-state index in [1.807, 2.05) is 13.8 Å². The van der Waals surface area contributed by atoms with Gasteiger partial charge in [0.2, 0.25) is 0 Å². The number of nitrogens with zero attached hydrogens (tertiary/aromatic N) is 1. The zero-order valence-corrected chi connectivity index (χ0v) is 16.4. The number of hydrazone groups is 1. The van der Waals surface area contributed by atoms with Crippen LogP contribution in [0.1, 0.15) is 29.8 Å². The second-order valence-corrected chi connectivity index (χ2v) is 6.02. The largest absolute Gasteiger partial charge is 0.493 e. The van der Waals surface area contributed by atoms with Crippen LogP contribution >= 0.6 is 0 Å². The van der Waals surface area contributed by atoms with Gasteiger partial charge in [0.15, 0.2) is 23.0 Å². The minimum atomic E-state index is -2.96. The molecule has 0 saturated carbocycles. The first-order chi connectivity index (χ1) is 13.8. The summed E-state index contributed by atoms with van der Waals surface area (Å²) in [5.41, 5.74) is 3.23. The molecular formula is C20H22F2N2O5. The minimum absolute atomic E-state index is 0.0392. The lowest BCUT2D eigenvalue weighted by Gasteiger charge is -2.14. The van der Waals surface area contributed by atoms with Gasteiger partial charge in [0.05, 0.1) is 26.5 Å². The third kappa shape index (κ3) is 6.34. The molecule has 0 aliphatic heterocycles. The highest BCUT2D eigenvalue weighted by Crippen LogP contribution is 2.30. The SMILES string of the molecule is COc1cc(C(=O)N/N=C\c2ccc(OC(F)F)c(OC)c2)ccc1OC(C)C. The Morgan fingerprint density at radius 3 is 2.21 bits per heavy atom. The molecule has 0 aliphatic carbocycles. The van der Waals surface area contributed by atoms with Gasteiger partial charge in [0.1, 0.15) is 0 Å². The van der Waals surface area contributed by atoms with Crippen LogP contribution in [0.3, 0.4) is 0 Å². The van der Waals surface area contributed by atoms with Crippen LogP contribution in [0.2, 0.25) is 0 Å². The van der Waals surface area contributed by atoms with Crippen molar-refractivity contribution in [2.75, 3.05) is 14.2 Å². The van der Waals surface area contributed by atoms with Crippen LogP contribution in [0.15, 0.2) is 41.5 Å². The van der Waals surface area contributed by atoms with Crippen molar-refractivity contribution in [1.29, 1.82) is 0 Å². The smallest absolute Gasteiger partial charge is 0.387 e. The Morgan fingerprint density at radius 2 is 1.59 bits per heavy atom. The molecule has 2 aromatic rings. The molecule has 0 fully saturated rings. The van der Waals surface area contributed by atoms with Gasteiger partial charge in [-0.25, -0.2) is 5.43 Å². The molecule has 0 heterocycles. The topological polar surface area (TPSA) is 78.4 Å². The molecule has 0 saturated heterocycles. The number of halogens is 2. The molecule has 0 aliphatic rings. The number of carbonyl (C=O) groups is 1. The van der Waals surface area contributed by atoms with Crippen molar-refractivity contribution in [3.05, 3.63) is 47.5 Å². The zero-order chi connectivity index (χ0) is 21.4. The molecule has 0 spiro atoms. The summed E-state index contributed by atoms with van der Waals surface area (Å²) in [7, 11) is 2.81. The van der Waals surface area contributed by atoms with Crippen LogP contribution in [0, 0.1) is 0 Å². The third-order valence-electron chi connectivity index (χ3n) is 3.57. The number of nitrogens with one attached hydrogen (secondary N) is 1.